The number of nitrogens with zero attached hydrogens (tertiary/aromatic N) is 2. The van der Waals surface area contributed by atoms with Crippen LogP contribution in [-0.2, 0) is 12.2 Å². The van der Waals surface area contributed by atoms with E-state index in [4.69, 9.17) is 0 Å². The average molecular weight is 340 g/mol. The predicted octanol–water partition coefficient (Wildman–Crippen LogP) is 3.86. The fourth-order valence-electron chi connectivity index (χ4n) is 4.56. The highest BCUT2D eigenvalue weighted by Crippen LogP contribution is 2.49. The maximum absolute atomic E-state index is 13.2. The first kappa shape index (κ1) is 15.4. The van der Waals surface area contributed by atoms with E-state index in [2.05, 4.69) is 64.4 Å². The molecule has 0 saturated carbocycles. The summed E-state index contributed by atoms with van der Waals surface area (Å²) in [6.07, 6.45) is 0. The van der Waals surface area contributed by atoms with Crippen molar-refractivity contribution in [2.24, 2.45) is 0 Å². The van der Waals surface area contributed by atoms with Gasteiger partial charge in [-0.3, -0.25) is 9.69 Å². The van der Waals surface area contributed by atoms with Crippen molar-refractivity contribution in [2.75, 3.05) is 13.1 Å². The van der Waals surface area contributed by atoms with E-state index < -0.39 is 5.66 Å². The molecule has 0 spiro atoms. The molecule has 1 fully saturated rings. The number of fused-ring (bicyclic) bond motifs is 3. The van der Waals surface area contributed by atoms with E-state index in [9.17, 15) is 4.79 Å². The minimum absolute atomic E-state index is 0.139. The quantitative estimate of drug-likeness (QED) is 0.723. The molecule has 2 aliphatic rings. The van der Waals surface area contributed by atoms with Crippen LogP contribution in [0.25, 0.3) is 0 Å². The Kier molecular flexibility index (Phi) is 3.44. The van der Waals surface area contributed by atoms with Gasteiger partial charge in [-0.15, -0.1) is 0 Å². The van der Waals surface area contributed by atoms with Gasteiger partial charge in [0.25, 0.3) is 5.91 Å². The van der Waals surface area contributed by atoms with Crippen LogP contribution in [0.3, 0.4) is 0 Å². The van der Waals surface area contributed by atoms with Crippen molar-refractivity contribution in [3.05, 3.63) is 107 Å². The summed E-state index contributed by atoms with van der Waals surface area (Å²) in [5.41, 5.74) is 3.84. The molecule has 3 nitrogen and oxygen atoms in total. The van der Waals surface area contributed by atoms with Gasteiger partial charge in [0.2, 0.25) is 0 Å². The van der Waals surface area contributed by atoms with E-state index in [1.807, 2.05) is 30.3 Å². The Morgan fingerprint density at radius 3 is 2.19 bits per heavy atom. The number of hydrogen-bond donors (Lipinski definition) is 0. The van der Waals surface area contributed by atoms with Gasteiger partial charge in [0.15, 0.2) is 0 Å². The monoisotopic (exact) mass is 340 g/mol. The number of hydrogen-bond acceptors (Lipinski definition) is 2. The number of carbonyl (C=O) groups excluding carboxylic acids is 1. The van der Waals surface area contributed by atoms with Crippen molar-refractivity contribution in [1.82, 2.24) is 9.80 Å². The molecule has 0 aliphatic carbocycles. The van der Waals surface area contributed by atoms with Crippen molar-refractivity contribution in [2.45, 2.75) is 12.2 Å². The lowest BCUT2D eigenvalue weighted by molar-refractivity contribution is 0.0429. The maximum Gasteiger partial charge on any atom is 0.256 e. The Balaban J connectivity index is 1.72. The molecule has 3 aromatic rings. The number of amides is 1. The second-order valence-corrected chi connectivity index (χ2v) is 6.95. The first-order chi connectivity index (χ1) is 12.8. The van der Waals surface area contributed by atoms with Crippen molar-refractivity contribution in [1.29, 1.82) is 0 Å². The summed E-state index contributed by atoms with van der Waals surface area (Å²) in [5.74, 6) is 0.139. The number of carbonyl (C=O) groups is 1. The second kappa shape index (κ2) is 5.82. The summed E-state index contributed by atoms with van der Waals surface area (Å²) in [6.45, 7) is 2.42. The Morgan fingerprint density at radius 1 is 0.769 bits per heavy atom. The van der Waals surface area contributed by atoms with Gasteiger partial charge in [-0.2, -0.15) is 0 Å². The third-order valence-corrected chi connectivity index (χ3v) is 5.61. The van der Waals surface area contributed by atoms with E-state index in [1.165, 1.54) is 5.56 Å². The highest BCUT2D eigenvalue weighted by atomic mass is 16.2. The Morgan fingerprint density at radius 2 is 1.42 bits per heavy atom. The molecular formula is C23H20N2O. The first-order valence-electron chi connectivity index (χ1n) is 9.08. The van der Waals surface area contributed by atoms with Crippen LogP contribution in [-0.4, -0.2) is 28.8 Å². The summed E-state index contributed by atoms with van der Waals surface area (Å²) in [7, 11) is 0. The van der Waals surface area contributed by atoms with Crippen LogP contribution in [0, 0.1) is 0 Å². The first-order valence-corrected chi connectivity index (χ1v) is 9.08. The van der Waals surface area contributed by atoms with E-state index in [1.54, 1.807) is 0 Å². The summed E-state index contributed by atoms with van der Waals surface area (Å²) in [4.78, 5) is 17.7. The minimum atomic E-state index is -0.509. The zero-order chi connectivity index (χ0) is 17.6. The van der Waals surface area contributed by atoms with Crippen LogP contribution < -0.4 is 0 Å². The lowest BCUT2D eigenvalue weighted by atomic mass is 9.89. The van der Waals surface area contributed by atoms with Crippen LogP contribution in [0.4, 0.5) is 0 Å². The zero-order valence-electron chi connectivity index (χ0n) is 14.5. The minimum Gasteiger partial charge on any atom is -0.311 e. The normalized spacial score (nSPS) is 21.7. The van der Waals surface area contributed by atoms with E-state index >= 15 is 0 Å². The zero-order valence-corrected chi connectivity index (χ0v) is 14.5. The van der Waals surface area contributed by atoms with Crippen molar-refractivity contribution < 1.29 is 4.79 Å². The molecule has 26 heavy (non-hydrogen) atoms. The summed E-state index contributed by atoms with van der Waals surface area (Å²) in [6, 6.07) is 29.0. The van der Waals surface area contributed by atoms with Crippen LogP contribution >= 0.6 is 0 Å². The fourth-order valence-corrected chi connectivity index (χ4v) is 4.56. The average Bonchev–Trinajstić information content (AvgIpc) is 3.19. The van der Waals surface area contributed by atoms with Gasteiger partial charge in [-0.05, 0) is 17.2 Å². The molecule has 3 aromatic carbocycles. The van der Waals surface area contributed by atoms with Gasteiger partial charge >= 0.3 is 0 Å². The summed E-state index contributed by atoms with van der Waals surface area (Å²) in [5, 5.41) is 0. The molecule has 128 valence electrons. The summed E-state index contributed by atoms with van der Waals surface area (Å²) < 4.78 is 0. The second-order valence-electron chi connectivity index (χ2n) is 6.95. The van der Waals surface area contributed by atoms with Crippen LogP contribution in [0.2, 0.25) is 0 Å². The molecule has 1 atom stereocenters. The smallest absolute Gasteiger partial charge is 0.256 e. The van der Waals surface area contributed by atoms with Gasteiger partial charge in [-0.1, -0.05) is 78.9 Å². The molecule has 1 saturated heterocycles. The summed E-state index contributed by atoms with van der Waals surface area (Å²) >= 11 is 0. The van der Waals surface area contributed by atoms with Crippen molar-refractivity contribution in [3.8, 4) is 0 Å². The molecule has 1 unspecified atom stereocenters. The van der Waals surface area contributed by atoms with E-state index in [0.29, 0.717) is 0 Å². The standard InChI is InChI=1S/C23H20N2O/c26-22-20-13-7-8-14-21(20)23(19-11-5-2-6-12-19)24(15-16-25(22)23)17-18-9-3-1-4-10-18/h1-14H,15-17H2. The van der Waals surface area contributed by atoms with Gasteiger partial charge in [0.05, 0.1) is 0 Å². The predicted molar refractivity (Wildman–Crippen MR) is 102 cm³/mol. The molecule has 2 aliphatic heterocycles. The van der Waals surface area contributed by atoms with Gasteiger partial charge < -0.3 is 4.90 Å². The third kappa shape index (κ3) is 2.01. The SMILES string of the molecule is O=C1c2ccccc2C2(c3ccccc3)N(Cc3ccccc3)CCN12. The Hall–Kier alpha value is -2.91. The fraction of sp³-hybridized carbons (Fsp3) is 0.174. The Labute approximate surface area is 153 Å². The van der Waals surface area contributed by atoms with E-state index in [-0.39, 0.29) is 5.91 Å². The van der Waals surface area contributed by atoms with Gasteiger partial charge in [0, 0.05) is 30.8 Å². The number of benzene rings is 3. The maximum atomic E-state index is 13.2. The molecular weight excluding hydrogens is 320 g/mol. The molecule has 5 rings (SSSR count). The molecule has 0 radical (unpaired) electrons. The highest BCUT2D eigenvalue weighted by Gasteiger charge is 2.57. The molecule has 0 N–H and O–H groups in total. The topological polar surface area (TPSA) is 23.6 Å². The van der Waals surface area contributed by atoms with Crippen molar-refractivity contribution >= 4 is 5.91 Å². The van der Waals surface area contributed by atoms with Gasteiger partial charge in [-0.25, -0.2) is 0 Å². The van der Waals surface area contributed by atoms with Crippen LogP contribution in [0.1, 0.15) is 27.0 Å². The molecule has 0 bridgehead atoms. The lowest BCUT2D eigenvalue weighted by Crippen LogP contribution is -2.48. The number of rotatable bonds is 3. The molecule has 0 aromatic heterocycles. The van der Waals surface area contributed by atoms with Crippen LogP contribution in [0.5, 0.6) is 0 Å². The Bertz CT molecular complexity index is 954. The third-order valence-electron chi connectivity index (χ3n) is 5.61. The van der Waals surface area contributed by atoms with E-state index in [0.717, 1.165) is 36.3 Å². The molecule has 3 heteroatoms. The molecule has 2 heterocycles. The molecule has 1 amide bonds. The van der Waals surface area contributed by atoms with Gasteiger partial charge in [0.1, 0.15) is 5.66 Å². The highest BCUT2D eigenvalue weighted by molar-refractivity contribution is 6.01. The lowest BCUT2D eigenvalue weighted by Gasteiger charge is -2.40. The van der Waals surface area contributed by atoms with Crippen molar-refractivity contribution in [3.63, 3.8) is 0 Å². The largest absolute Gasteiger partial charge is 0.311 e. The van der Waals surface area contributed by atoms with Crippen LogP contribution in [0.15, 0.2) is 84.9 Å².